The van der Waals surface area contributed by atoms with Gasteiger partial charge in [-0.15, -0.1) is 0 Å². The molecule has 0 saturated carbocycles. The van der Waals surface area contributed by atoms with Crippen LogP contribution in [0.4, 0.5) is 0 Å². The fourth-order valence-electron chi connectivity index (χ4n) is 3.03. The number of carbonyl (C=O) groups excluding carboxylic acids is 1. The minimum Gasteiger partial charge on any atom is -0.497 e. The Morgan fingerprint density at radius 1 is 1.14 bits per heavy atom. The normalized spacial score (nSPS) is 20.1. The zero-order valence-electron chi connectivity index (χ0n) is 12.7. The van der Waals surface area contributed by atoms with Gasteiger partial charge in [-0.05, 0) is 24.6 Å². The number of carbonyl (C=O) groups is 1. The number of nitrogens with zero attached hydrogens (tertiary/aromatic N) is 1. The van der Waals surface area contributed by atoms with Crippen LogP contribution < -0.4 is 4.74 Å². The molecule has 2 aromatic rings. The second kappa shape index (κ2) is 5.46. The van der Waals surface area contributed by atoms with E-state index in [0.29, 0.717) is 29.0 Å². The summed E-state index contributed by atoms with van der Waals surface area (Å²) in [4.78, 5) is 14.2. The third-order valence-corrected chi connectivity index (χ3v) is 4.11. The van der Waals surface area contributed by atoms with Gasteiger partial charge in [0.1, 0.15) is 5.75 Å². The predicted octanol–water partition coefficient (Wildman–Crippen LogP) is 2.75. The zero-order valence-corrected chi connectivity index (χ0v) is 12.7. The Bertz CT molecular complexity index is 696. The van der Waals surface area contributed by atoms with E-state index < -0.39 is 5.72 Å². The number of rotatable bonds is 4. The highest BCUT2D eigenvalue weighted by Gasteiger charge is 2.49. The molecule has 0 bridgehead atoms. The lowest BCUT2D eigenvalue weighted by Gasteiger charge is -2.34. The lowest BCUT2D eigenvalue weighted by Crippen LogP contribution is -2.45. The Morgan fingerprint density at radius 2 is 1.82 bits per heavy atom. The predicted molar refractivity (Wildman–Crippen MR) is 83.8 cm³/mol. The maximum Gasteiger partial charge on any atom is 0.257 e. The van der Waals surface area contributed by atoms with Gasteiger partial charge in [0.05, 0.1) is 7.11 Å². The SMILES string of the molecule is CCCN1C(=O)c2ccccc2C1(O)c1ccc(OC)cc1. The van der Waals surface area contributed by atoms with Crippen molar-refractivity contribution < 1.29 is 14.6 Å². The summed E-state index contributed by atoms with van der Waals surface area (Å²) in [7, 11) is 1.60. The quantitative estimate of drug-likeness (QED) is 0.944. The molecule has 1 aliphatic heterocycles. The molecule has 1 atom stereocenters. The van der Waals surface area contributed by atoms with E-state index in [1.165, 1.54) is 0 Å². The van der Waals surface area contributed by atoms with E-state index in [4.69, 9.17) is 4.74 Å². The van der Waals surface area contributed by atoms with Gasteiger partial charge in [-0.1, -0.05) is 37.3 Å². The van der Waals surface area contributed by atoms with E-state index in [-0.39, 0.29) is 5.91 Å². The van der Waals surface area contributed by atoms with Crippen molar-refractivity contribution in [3.63, 3.8) is 0 Å². The lowest BCUT2D eigenvalue weighted by atomic mass is 9.93. The first-order chi connectivity index (χ1) is 10.6. The zero-order chi connectivity index (χ0) is 15.7. The van der Waals surface area contributed by atoms with Crippen molar-refractivity contribution in [3.8, 4) is 5.75 Å². The van der Waals surface area contributed by atoms with Gasteiger partial charge in [-0.25, -0.2) is 0 Å². The largest absolute Gasteiger partial charge is 0.497 e. The van der Waals surface area contributed by atoms with Crippen LogP contribution in [0.2, 0.25) is 0 Å². The summed E-state index contributed by atoms with van der Waals surface area (Å²) in [6.45, 7) is 2.49. The first kappa shape index (κ1) is 14.6. The van der Waals surface area contributed by atoms with E-state index >= 15 is 0 Å². The summed E-state index contributed by atoms with van der Waals surface area (Å²) in [5, 5.41) is 11.4. The molecular formula is C18H19NO3. The molecule has 4 nitrogen and oxygen atoms in total. The van der Waals surface area contributed by atoms with Crippen LogP contribution in [0.5, 0.6) is 5.75 Å². The fourth-order valence-corrected chi connectivity index (χ4v) is 3.03. The number of ether oxygens (including phenoxy) is 1. The molecule has 114 valence electrons. The molecule has 0 fully saturated rings. The van der Waals surface area contributed by atoms with Crippen molar-refractivity contribution in [2.24, 2.45) is 0 Å². The molecular weight excluding hydrogens is 278 g/mol. The van der Waals surface area contributed by atoms with Crippen molar-refractivity contribution in [1.82, 2.24) is 4.90 Å². The van der Waals surface area contributed by atoms with Crippen molar-refractivity contribution >= 4 is 5.91 Å². The van der Waals surface area contributed by atoms with Crippen LogP contribution in [0.25, 0.3) is 0 Å². The Hall–Kier alpha value is -2.33. The summed E-state index contributed by atoms with van der Waals surface area (Å²) >= 11 is 0. The first-order valence-corrected chi connectivity index (χ1v) is 7.41. The maximum atomic E-state index is 12.6. The molecule has 0 aromatic heterocycles. The second-order valence-electron chi connectivity index (χ2n) is 5.40. The summed E-state index contributed by atoms with van der Waals surface area (Å²) in [5.74, 6) is 0.586. The van der Waals surface area contributed by atoms with Gasteiger partial charge in [0, 0.05) is 23.2 Å². The minimum atomic E-state index is -1.42. The molecule has 1 aliphatic rings. The van der Waals surface area contributed by atoms with E-state index in [2.05, 4.69) is 0 Å². The van der Waals surface area contributed by atoms with Gasteiger partial charge in [0.25, 0.3) is 5.91 Å². The van der Waals surface area contributed by atoms with Crippen LogP contribution in [0, 0.1) is 0 Å². The molecule has 4 heteroatoms. The fraction of sp³-hybridized carbons (Fsp3) is 0.278. The van der Waals surface area contributed by atoms with Gasteiger partial charge in [0.2, 0.25) is 0 Å². The van der Waals surface area contributed by atoms with E-state index in [1.807, 2.05) is 25.1 Å². The van der Waals surface area contributed by atoms with Gasteiger partial charge in [-0.3, -0.25) is 4.79 Å². The molecule has 0 radical (unpaired) electrons. The average Bonchev–Trinajstić information content (AvgIpc) is 2.79. The van der Waals surface area contributed by atoms with Crippen molar-refractivity contribution in [2.45, 2.75) is 19.1 Å². The summed E-state index contributed by atoms with van der Waals surface area (Å²) in [6.07, 6.45) is 0.776. The molecule has 1 N–H and O–H groups in total. The van der Waals surface area contributed by atoms with Crippen LogP contribution in [-0.4, -0.2) is 29.6 Å². The highest BCUT2D eigenvalue weighted by atomic mass is 16.5. The number of benzene rings is 2. The lowest BCUT2D eigenvalue weighted by molar-refractivity contribution is -0.0498. The number of fused-ring (bicyclic) bond motifs is 1. The summed E-state index contributed by atoms with van der Waals surface area (Å²) in [5.41, 5.74) is 0.448. The summed E-state index contributed by atoms with van der Waals surface area (Å²) in [6, 6.07) is 14.4. The van der Waals surface area contributed by atoms with Gasteiger partial charge in [-0.2, -0.15) is 0 Å². The number of amides is 1. The number of hydrogen-bond acceptors (Lipinski definition) is 3. The Balaban J connectivity index is 2.16. The van der Waals surface area contributed by atoms with Gasteiger partial charge < -0.3 is 14.7 Å². The van der Waals surface area contributed by atoms with Crippen LogP contribution in [-0.2, 0) is 5.72 Å². The monoisotopic (exact) mass is 297 g/mol. The number of aliphatic hydroxyl groups is 1. The Kier molecular flexibility index (Phi) is 3.62. The highest BCUT2D eigenvalue weighted by Crippen LogP contribution is 2.42. The van der Waals surface area contributed by atoms with Crippen molar-refractivity contribution in [2.75, 3.05) is 13.7 Å². The number of methoxy groups -OCH3 is 1. The molecule has 0 aliphatic carbocycles. The first-order valence-electron chi connectivity index (χ1n) is 7.41. The molecule has 1 heterocycles. The number of hydrogen-bond donors (Lipinski definition) is 1. The van der Waals surface area contributed by atoms with Crippen LogP contribution in [0.3, 0.4) is 0 Å². The average molecular weight is 297 g/mol. The maximum absolute atomic E-state index is 12.6. The summed E-state index contributed by atoms with van der Waals surface area (Å²) < 4.78 is 5.17. The third-order valence-electron chi connectivity index (χ3n) is 4.11. The van der Waals surface area contributed by atoms with Crippen molar-refractivity contribution in [3.05, 3.63) is 65.2 Å². The molecule has 2 aromatic carbocycles. The molecule has 0 spiro atoms. The molecule has 1 amide bonds. The van der Waals surface area contributed by atoms with Crippen LogP contribution >= 0.6 is 0 Å². The van der Waals surface area contributed by atoms with Gasteiger partial charge in [0.15, 0.2) is 5.72 Å². The van der Waals surface area contributed by atoms with E-state index in [0.717, 1.165) is 6.42 Å². The second-order valence-corrected chi connectivity index (χ2v) is 5.40. The molecule has 22 heavy (non-hydrogen) atoms. The molecule has 1 unspecified atom stereocenters. The van der Waals surface area contributed by atoms with Crippen molar-refractivity contribution in [1.29, 1.82) is 0 Å². The van der Waals surface area contributed by atoms with Crippen LogP contribution in [0.1, 0.15) is 34.8 Å². The van der Waals surface area contributed by atoms with E-state index in [9.17, 15) is 9.90 Å². The topological polar surface area (TPSA) is 49.8 Å². The third kappa shape index (κ3) is 1.99. The standard InChI is InChI=1S/C18H19NO3/c1-3-12-19-17(20)15-6-4-5-7-16(15)18(19,21)13-8-10-14(22-2)11-9-13/h4-11,21H,3,12H2,1-2H3. The minimum absolute atomic E-state index is 0.129. The Morgan fingerprint density at radius 3 is 2.45 bits per heavy atom. The molecule has 0 saturated heterocycles. The molecule has 3 rings (SSSR count). The van der Waals surface area contributed by atoms with Crippen LogP contribution in [0.15, 0.2) is 48.5 Å². The Labute approximate surface area is 130 Å². The highest BCUT2D eigenvalue weighted by molar-refractivity contribution is 6.00. The van der Waals surface area contributed by atoms with E-state index in [1.54, 1.807) is 42.3 Å². The van der Waals surface area contributed by atoms with Gasteiger partial charge >= 0.3 is 0 Å². The smallest absolute Gasteiger partial charge is 0.257 e.